The summed E-state index contributed by atoms with van der Waals surface area (Å²) in [5.41, 5.74) is 1.50. The highest BCUT2D eigenvalue weighted by molar-refractivity contribution is 6.07. The minimum absolute atomic E-state index is 0.133. The molecule has 0 aliphatic rings. The van der Waals surface area contributed by atoms with E-state index in [4.69, 9.17) is 10.7 Å². The molecule has 5 nitrogen and oxygen atoms in total. The van der Waals surface area contributed by atoms with Crippen molar-refractivity contribution in [3.63, 3.8) is 0 Å². The van der Waals surface area contributed by atoms with Crippen molar-refractivity contribution in [2.75, 3.05) is 5.32 Å². The summed E-state index contributed by atoms with van der Waals surface area (Å²) in [5.74, 6) is -0.629. The third kappa shape index (κ3) is 6.90. The molecule has 8 heteroatoms. The Kier molecular flexibility index (Phi) is 8.41. The van der Waals surface area contributed by atoms with Crippen LogP contribution in [0.15, 0.2) is 84.6 Å². The molecular formula is C28H24F3N3O2. The number of hydrogen-bond donors (Lipinski definition) is 3. The van der Waals surface area contributed by atoms with Crippen molar-refractivity contribution in [2.24, 2.45) is 0 Å². The van der Waals surface area contributed by atoms with Crippen LogP contribution in [0.5, 0.6) is 0 Å². The first kappa shape index (κ1) is 26.4. The lowest BCUT2D eigenvalue weighted by Gasteiger charge is -2.15. The Morgan fingerprint density at radius 1 is 1.11 bits per heavy atom. The van der Waals surface area contributed by atoms with Gasteiger partial charge in [0.25, 0.3) is 0 Å². The number of benzene rings is 3. The van der Waals surface area contributed by atoms with Gasteiger partial charge in [0.15, 0.2) is 5.78 Å². The van der Waals surface area contributed by atoms with Crippen molar-refractivity contribution in [2.45, 2.75) is 32.0 Å². The predicted molar refractivity (Wildman–Crippen MR) is 132 cm³/mol. The van der Waals surface area contributed by atoms with Crippen molar-refractivity contribution >= 4 is 17.2 Å². The Morgan fingerprint density at radius 3 is 2.53 bits per heavy atom. The fourth-order valence-electron chi connectivity index (χ4n) is 3.62. The zero-order valence-electron chi connectivity index (χ0n) is 19.4. The summed E-state index contributed by atoms with van der Waals surface area (Å²) in [6, 6.07) is 22.4. The molecule has 0 radical (unpaired) electrons. The second-order valence-electron chi connectivity index (χ2n) is 8.21. The molecule has 1 unspecified atom stereocenters. The molecule has 0 saturated carbocycles. The molecule has 3 aromatic rings. The summed E-state index contributed by atoms with van der Waals surface area (Å²) in [6.07, 6.45) is -5.24. The number of anilines is 1. The van der Waals surface area contributed by atoms with Crippen molar-refractivity contribution < 1.29 is 23.1 Å². The van der Waals surface area contributed by atoms with Gasteiger partial charge >= 0.3 is 6.18 Å². The number of carbonyl (C=O) groups is 1. The number of ketones is 1. The van der Waals surface area contributed by atoms with Crippen molar-refractivity contribution in [3.05, 3.63) is 112 Å². The largest absolute Gasteiger partial charge is 0.432 e. The quantitative estimate of drug-likeness (QED) is 0.252. The van der Waals surface area contributed by atoms with E-state index in [9.17, 15) is 23.1 Å². The fraction of sp³-hybridized carbons (Fsp3) is 0.179. The van der Waals surface area contributed by atoms with Crippen LogP contribution in [0.25, 0.3) is 0 Å². The molecule has 0 saturated heterocycles. The second-order valence-corrected chi connectivity index (χ2v) is 8.21. The SMILES string of the molecule is Cc1ccccc1C(O)c1cccc(CCC(=O)/C(=C/C(=N)C(F)(F)F)Nc2cccc(C#N)c2)c1. The maximum atomic E-state index is 13.0. The zero-order valence-corrected chi connectivity index (χ0v) is 19.4. The van der Waals surface area contributed by atoms with Crippen LogP contribution in [0.3, 0.4) is 0 Å². The van der Waals surface area contributed by atoms with Gasteiger partial charge in [0.05, 0.1) is 17.3 Å². The van der Waals surface area contributed by atoms with E-state index in [-0.39, 0.29) is 24.1 Å². The highest BCUT2D eigenvalue weighted by Gasteiger charge is 2.33. The van der Waals surface area contributed by atoms with Gasteiger partial charge in [-0.3, -0.25) is 10.2 Å². The monoisotopic (exact) mass is 491 g/mol. The van der Waals surface area contributed by atoms with Crippen LogP contribution in [-0.2, 0) is 11.2 Å². The summed E-state index contributed by atoms with van der Waals surface area (Å²) >= 11 is 0. The molecule has 0 aliphatic carbocycles. The summed E-state index contributed by atoms with van der Waals surface area (Å²) in [6.45, 7) is 1.90. The van der Waals surface area contributed by atoms with Gasteiger partial charge in [0, 0.05) is 12.1 Å². The van der Waals surface area contributed by atoms with E-state index in [1.54, 1.807) is 24.3 Å². The molecule has 0 spiro atoms. The Morgan fingerprint density at radius 2 is 1.83 bits per heavy atom. The first-order valence-electron chi connectivity index (χ1n) is 11.1. The number of nitrogens with zero attached hydrogens (tertiary/aromatic N) is 1. The lowest BCUT2D eigenvalue weighted by Crippen LogP contribution is -2.23. The van der Waals surface area contributed by atoms with Crippen LogP contribution in [0.2, 0.25) is 0 Å². The molecule has 0 fully saturated rings. The molecule has 3 rings (SSSR count). The molecule has 3 aromatic carbocycles. The summed E-state index contributed by atoms with van der Waals surface area (Å²) < 4.78 is 39.0. The van der Waals surface area contributed by atoms with E-state index in [0.29, 0.717) is 11.6 Å². The van der Waals surface area contributed by atoms with Crippen LogP contribution in [-0.4, -0.2) is 22.8 Å². The number of Topliss-reactive ketones (excluding diaryl/α,β-unsaturated/α-hetero) is 1. The van der Waals surface area contributed by atoms with E-state index >= 15 is 0 Å². The number of aryl methyl sites for hydroxylation is 2. The van der Waals surface area contributed by atoms with Gasteiger partial charge in [-0.25, -0.2) is 0 Å². The lowest BCUT2D eigenvalue weighted by molar-refractivity contribution is -0.115. The van der Waals surface area contributed by atoms with Gasteiger partial charge in [0.2, 0.25) is 0 Å². The second kappa shape index (κ2) is 11.5. The van der Waals surface area contributed by atoms with Gasteiger partial charge in [-0.15, -0.1) is 0 Å². The Balaban J connectivity index is 1.79. The van der Waals surface area contributed by atoms with Crippen molar-refractivity contribution in [1.82, 2.24) is 0 Å². The van der Waals surface area contributed by atoms with Crippen LogP contribution in [0.4, 0.5) is 18.9 Å². The molecule has 0 aromatic heterocycles. The topological polar surface area (TPSA) is 97.0 Å². The predicted octanol–water partition coefficient (Wildman–Crippen LogP) is 6.03. The number of aliphatic hydroxyl groups is 1. The average molecular weight is 492 g/mol. The minimum atomic E-state index is -4.91. The van der Waals surface area contributed by atoms with Gasteiger partial charge in [-0.2, -0.15) is 18.4 Å². The number of nitriles is 1. The number of aliphatic hydroxyl groups excluding tert-OH is 1. The first-order valence-corrected chi connectivity index (χ1v) is 11.1. The van der Waals surface area contributed by atoms with E-state index in [1.807, 2.05) is 37.3 Å². The number of carbonyl (C=O) groups excluding carboxylic acids is 1. The van der Waals surface area contributed by atoms with Gasteiger partial charge in [-0.05, 0) is 59.9 Å². The highest BCUT2D eigenvalue weighted by Crippen LogP contribution is 2.26. The van der Waals surface area contributed by atoms with Gasteiger partial charge in [-0.1, -0.05) is 54.6 Å². The summed E-state index contributed by atoms with van der Waals surface area (Å²) in [7, 11) is 0. The molecule has 1 atom stereocenters. The smallest absolute Gasteiger partial charge is 0.384 e. The normalized spacial score (nSPS) is 12.5. The molecule has 36 heavy (non-hydrogen) atoms. The van der Waals surface area contributed by atoms with E-state index in [2.05, 4.69) is 5.32 Å². The molecule has 0 bridgehead atoms. The molecule has 3 N–H and O–H groups in total. The van der Waals surface area contributed by atoms with E-state index < -0.39 is 29.5 Å². The minimum Gasteiger partial charge on any atom is -0.384 e. The maximum Gasteiger partial charge on any atom is 0.432 e. The molecule has 0 amide bonds. The summed E-state index contributed by atoms with van der Waals surface area (Å²) in [4.78, 5) is 12.9. The van der Waals surface area contributed by atoms with Crippen LogP contribution in [0.1, 0.15) is 40.3 Å². The Hall–Kier alpha value is -4.22. The number of nitrogens with one attached hydrogen (secondary N) is 2. The fourth-order valence-corrected chi connectivity index (χ4v) is 3.62. The average Bonchev–Trinajstić information content (AvgIpc) is 2.86. The Bertz CT molecular complexity index is 1340. The Labute approximate surface area is 207 Å². The van der Waals surface area contributed by atoms with Crippen molar-refractivity contribution in [1.29, 1.82) is 10.7 Å². The van der Waals surface area contributed by atoms with E-state index in [0.717, 1.165) is 16.7 Å². The number of hydrogen-bond acceptors (Lipinski definition) is 5. The standard InChI is InChI=1S/C28H24F3N3O2/c1-18-6-2-3-11-23(18)27(36)21-9-4-7-19(14-21)12-13-25(35)24(16-26(33)28(29,30)31)34-22-10-5-8-20(15-22)17-32/h2-11,14-16,27,33-34,36H,12-13H2,1H3/b24-16-,33-26?. The highest BCUT2D eigenvalue weighted by atomic mass is 19.4. The van der Waals surface area contributed by atoms with Crippen molar-refractivity contribution in [3.8, 4) is 6.07 Å². The van der Waals surface area contributed by atoms with Gasteiger partial charge in [0.1, 0.15) is 11.8 Å². The lowest BCUT2D eigenvalue weighted by atomic mass is 9.95. The number of halogens is 3. The van der Waals surface area contributed by atoms with Crippen LogP contribution >= 0.6 is 0 Å². The number of allylic oxidation sites excluding steroid dienone is 2. The van der Waals surface area contributed by atoms with Crippen LogP contribution < -0.4 is 5.32 Å². The van der Waals surface area contributed by atoms with E-state index in [1.165, 1.54) is 24.3 Å². The number of alkyl halides is 3. The maximum absolute atomic E-state index is 13.0. The van der Waals surface area contributed by atoms with Crippen LogP contribution in [0, 0.1) is 23.7 Å². The molecule has 0 heterocycles. The van der Waals surface area contributed by atoms with Gasteiger partial charge < -0.3 is 10.4 Å². The third-order valence-electron chi connectivity index (χ3n) is 5.56. The molecule has 184 valence electrons. The first-order chi connectivity index (χ1) is 17.1. The molecular weight excluding hydrogens is 467 g/mol. The number of rotatable bonds is 9. The molecule has 0 aliphatic heterocycles. The third-order valence-corrected chi connectivity index (χ3v) is 5.56. The summed E-state index contributed by atoms with van der Waals surface area (Å²) in [5, 5.41) is 29.8. The zero-order chi connectivity index (χ0) is 26.3.